The molecule has 0 fully saturated rings. The predicted molar refractivity (Wildman–Crippen MR) is 73.4 cm³/mol. The minimum absolute atomic E-state index is 0.286. The first-order valence-electron chi connectivity index (χ1n) is 6.42. The third-order valence-electron chi connectivity index (χ3n) is 3.13. The number of hydrogen-bond acceptors (Lipinski definition) is 6. The topological polar surface area (TPSA) is 82.3 Å². The van der Waals surface area contributed by atoms with Crippen LogP contribution in [0.15, 0.2) is 30.6 Å². The minimum atomic E-state index is -0.286. The fourth-order valence-corrected chi connectivity index (χ4v) is 2.11. The van der Waals surface area contributed by atoms with Crippen molar-refractivity contribution >= 4 is 0 Å². The molecular formula is C14H16N4O2. The Labute approximate surface area is 116 Å². The second kappa shape index (κ2) is 5.44. The maximum atomic E-state index is 5.65. The zero-order valence-electron chi connectivity index (χ0n) is 11.2. The van der Waals surface area contributed by atoms with Crippen LogP contribution in [0, 0.1) is 6.92 Å². The molecule has 20 heavy (non-hydrogen) atoms. The quantitative estimate of drug-likeness (QED) is 0.643. The summed E-state index contributed by atoms with van der Waals surface area (Å²) in [6.45, 7) is 3.07. The van der Waals surface area contributed by atoms with Crippen LogP contribution in [0.4, 0.5) is 0 Å². The van der Waals surface area contributed by atoms with E-state index < -0.39 is 0 Å². The van der Waals surface area contributed by atoms with E-state index in [9.17, 15) is 0 Å². The molecule has 3 N–H and O–H groups in total. The van der Waals surface area contributed by atoms with Crippen LogP contribution < -0.4 is 20.7 Å². The molecule has 6 heteroatoms. The number of nitrogens with one attached hydrogen (secondary N) is 1. The molecule has 0 bridgehead atoms. The van der Waals surface area contributed by atoms with Gasteiger partial charge in [0, 0.05) is 12.4 Å². The summed E-state index contributed by atoms with van der Waals surface area (Å²) in [6, 6.07) is 5.43. The number of aromatic nitrogens is 2. The molecular weight excluding hydrogens is 256 g/mol. The van der Waals surface area contributed by atoms with Gasteiger partial charge in [0.2, 0.25) is 0 Å². The number of aryl methyl sites for hydroxylation is 1. The van der Waals surface area contributed by atoms with Crippen LogP contribution in [0.2, 0.25) is 0 Å². The van der Waals surface area contributed by atoms with Crippen molar-refractivity contribution in [3.05, 3.63) is 47.5 Å². The number of nitrogens with zero attached hydrogens (tertiary/aromatic N) is 2. The van der Waals surface area contributed by atoms with Gasteiger partial charge < -0.3 is 9.47 Å². The second-order valence-electron chi connectivity index (χ2n) is 4.62. The molecule has 1 aliphatic rings. The van der Waals surface area contributed by atoms with Crippen LogP contribution in [0.3, 0.4) is 0 Å². The smallest absolute Gasteiger partial charge is 0.161 e. The number of hydrogen-bond donors (Lipinski definition) is 2. The highest BCUT2D eigenvalue weighted by molar-refractivity contribution is 5.45. The zero-order chi connectivity index (χ0) is 13.9. The van der Waals surface area contributed by atoms with E-state index in [2.05, 4.69) is 15.4 Å². The summed E-state index contributed by atoms with van der Waals surface area (Å²) in [6.07, 6.45) is 3.54. The highest BCUT2D eigenvalue weighted by Gasteiger charge is 2.19. The van der Waals surface area contributed by atoms with Crippen molar-refractivity contribution in [3.8, 4) is 11.5 Å². The molecule has 0 saturated heterocycles. The Kier molecular flexibility index (Phi) is 3.49. The van der Waals surface area contributed by atoms with E-state index in [0.29, 0.717) is 19.0 Å². The highest BCUT2D eigenvalue weighted by Crippen LogP contribution is 2.33. The zero-order valence-corrected chi connectivity index (χ0v) is 11.2. The van der Waals surface area contributed by atoms with Gasteiger partial charge in [0.1, 0.15) is 19.3 Å². The maximum Gasteiger partial charge on any atom is 0.161 e. The molecule has 2 aromatic rings. The van der Waals surface area contributed by atoms with Crippen LogP contribution in [-0.4, -0.2) is 23.2 Å². The van der Waals surface area contributed by atoms with Crippen molar-refractivity contribution < 1.29 is 9.47 Å². The Morgan fingerprint density at radius 2 is 1.85 bits per heavy atom. The van der Waals surface area contributed by atoms with E-state index in [0.717, 1.165) is 22.6 Å². The Balaban J connectivity index is 1.94. The van der Waals surface area contributed by atoms with Crippen molar-refractivity contribution in [1.82, 2.24) is 15.4 Å². The molecule has 0 saturated carbocycles. The van der Waals surface area contributed by atoms with Crippen molar-refractivity contribution in [2.24, 2.45) is 5.84 Å². The lowest BCUT2D eigenvalue weighted by Crippen LogP contribution is -2.30. The number of nitrogens with two attached hydrogens (primary N) is 1. The van der Waals surface area contributed by atoms with Crippen molar-refractivity contribution in [1.29, 1.82) is 0 Å². The van der Waals surface area contributed by atoms with Crippen LogP contribution in [-0.2, 0) is 0 Å². The Hall–Kier alpha value is -2.18. The molecule has 104 valence electrons. The fourth-order valence-electron chi connectivity index (χ4n) is 2.11. The third-order valence-corrected chi connectivity index (χ3v) is 3.13. The monoisotopic (exact) mass is 272 g/mol. The number of benzene rings is 1. The summed E-state index contributed by atoms with van der Waals surface area (Å²) < 4.78 is 11.1. The molecule has 0 aliphatic carbocycles. The summed E-state index contributed by atoms with van der Waals surface area (Å²) in [4.78, 5) is 8.62. The Morgan fingerprint density at radius 1 is 1.15 bits per heavy atom. The average Bonchev–Trinajstić information content (AvgIpc) is 2.50. The molecule has 6 nitrogen and oxygen atoms in total. The van der Waals surface area contributed by atoms with Gasteiger partial charge >= 0.3 is 0 Å². The standard InChI is InChI=1S/C14H16N4O2/c1-9-7-16-14(17-8-9)13(18-15)10-2-3-11-12(6-10)20-5-4-19-11/h2-3,6-8,13,18H,4-5,15H2,1H3. The van der Waals surface area contributed by atoms with Crippen LogP contribution in [0.25, 0.3) is 0 Å². The number of hydrazine groups is 1. The van der Waals surface area contributed by atoms with Gasteiger partial charge in [0.05, 0.1) is 0 Å². The normalized spacial score (nSPS) is 14.9. The first kappa shape index (κ1) is 12.8. The summed E-state index contributed by atoms with van der Waals surface area (Å²) in [7, 11) is 0. The molecule has 1 aliphatic heterocycles. The molecule has 0 spiro atoms. The highest BCUT2D eigenvalue weighted by atomic mass is 16.6. The summed E-state index contributed by atoms with van der Waals surface area (Å²) >= 11 is 0. The minimum Gasteiger partial charge on any atom is -0.486 e. The van der Waals surface area contributed by atoms with Gasteiger partial charge in [-0.25, -0.2) is 15.4 Å². The molecule has 0 amide bonds. The summed E-state index contributed by atoms with van der Waals surface area (Å²) in [5, 5.41) is 0. The lowest BCUT2D eigenvalue weighted by Gasteiger charge is -2.21. The first-order valence-corrected chi connectivity index (χ1v) is 6.42. The van der Waals surface area contributed by atoms with E-state index in [1.165, 1.54) is 0 Å². The van der Waals surface area contributed by atoms with Gasteiger partial charge in [-0.2, -0.15) is 0 Å². The Bertz CT molecular complexity index is 601. The maximum absolute atomic E-state index is 5.65. The largest absolute Gasteiger partial charge is 0.486 e. The van der Waals surface area contributed by atoms with Crippen molar-refractivity contribution in [2.75, 3.05) is 13.2 Å². The number of rotatable bonds is 3. The third kappa shape index (κ3) is 2.43. The lowest BCUT2D eigenvalue weighted by molar-refractivity contribution is 0.171. The van der Waals surface area contributed by atoms with E-state index in [-0.39, 0.29) is 6.04 Å². The van der Waals surface area contributed by atoms with E-state index in [1.54, 1.807) is 12.4 Å². The average molecular weight is 272 g/mol. The van der Waals surface area contributed by atoms with Gasteiger partial charge in [-0.1, -0.05) is 6.07 Å². The van der Waals surface area contributed by atoms with Crippen LogP contribution in [0.1, 0.15) is 23.0 Å². The number of ether oxygens (including phenoxy) is 2. The number of fused-ring (bicyclic) bond motifs is 1. The van der Waals surface area contributed by atoms with E-state index in [1.807, 2.05) is 25.1 Å². The SMILES string of the molecule is Cc1cnc(C(NN)c2ccc3c(c2)OCCO3)nc1. The van der Waals surface area contributed by atoms with Crippen LogP contribution in [0.5, 0.6) is 11.5 Å². The summed E-state index contributed by atoms with van der Waals surface area (Å²) in [5.41, 5.74) is 4.68. The molecule has 1 unspecified atom stereocenters. The molecule has 2 heterocycles. The van der Waals surface area contributed by atoms with Crippen LogP contribution >= 0.6 is 0 Å². The van der Waals surface area contributed by atoms with E-state index >= 15 is 0 Å². The first-order chi connectivity index (χ1) is 9.78. The summed E-state index contributed by atoms with van der Waals surface area (Å²) in [5.74, 6) is 7.74. The Morgan fingerprint density at radius 3 is 2.55 bits per heavy atom. The van der Waals surface area contributed by atoms with Gasteiger partial charge in [0.25, 0.3) is 0 Å². The fraction of sp³-hybridized carbons (Fsp3) is 0.286. The van der Waals surface area contributed by atoms with Gasteiger partial charge in [-0.3, -0.25) is 5.84 Å². The van der Waals surface area contributed by atoms with E-state index in [4.69, 9.17) is 15.3 Å². The molecule has 3 rings (SSSR count). The van der Waals surface area contributed by atoms with Crippen molar-refractivity contribution in [2.45, 2.75) is 13.0 Å². The molecule has 1 aromatic carbocycles. The second-order valence-corrected chi connectivity index (χ2v) is 4.62. The van der Waals surface area contributed by atoms with Gasteiger partial charge in [0.15, 0.2) is 17.3 Å². The predicted octanol–water partition coefficient (Wildman–Crippen LogP) is 1.11. The van der Waals surface area contributed by atoms with Gasteiger partial charge in [-0.15, -0.1) is 0 Å². The van der Waals surface area contributed by atoms with Crippen molar-refractivity contribution in [3.63, 3.8) is 0 Å². The molecule has 1 atom stereocenters. The molecule has 0 radical (unpaired) electrons. The molecule has 1 aromatic heterocycles. The van der Waals surface area contributed by atoms with Gasteiger partial charge in [-0.05, 0) is 30.2 Å². The lowest BCUT2D eigenvalue weighted by atomic mass is 10.1.